The number of methoxy groups -OCH3 is 1. The molecule has 0 saturated heterocycles. The van der Waals surface area contributed by atoms with E-state index in [0.717, 1.165) is 11.1 Å². The summed E-state index contributed by atoms with van der Waals surface area (Å²) in [6.45, 7) is 7.88. The lowest BCUT2D eigenvalue weighted by atomic mass is 9.81. The van der Waals surface area contributed by atoms with E-state index >= 15 is 0 Å². The number of aromatic nitrogens is 1. The number of nitrogens with one attached hydrogen (secondary N) is 1. The molecule has 200 valence electrons. The first-order chi connectivity index (χ1) is 17.4. The maximum Gasteiger partial charge on any atom is 0.331 e. The monoisotopic (exact) mass is 516 g/mol. The molecule has 1 aliphatic rings. The molecule has 0 spiro atoms. The summed E-state index contributed by atoms with van der Waals surface area (Å²) in [7, 11) is 1.39. The Hall–Kier alpha value is -3.69. The number of halogens is 1. The molecule has 2 atom stereocenters. The van der Waals surface area contributed by atoms with Gasteiger partial charge in [0.1, 0.15) is 17.5 Å². The fourth-order valence-electron chi connectivity index (χ4n) is 4.03. The molecule has 0 bridgehead atoms. The molecule has 37 heavy (non-hydrogen) atoms. The van der Waals surface area contributed by atoms with Crippen molar-refractivity contribution in [2.75, 3.05) is 13.9 Å². The lowest BCUT2D eigenvalue weighted by Crippen LogP contribution is -2.52. The van der Waals surface area contributed by atoms with E-state index in [1.54, 1.807) is 19.9 Å². The van der Waals surface area contributed by atoms with Crippen molar-refractivity contribution >= 4 is 17.8 Å². The molecule has 0 aliphatic heterocycles. The zero-order valence-corrected chi connectivity index (χ0v) is 21.9. The minimum atomic E-state index is -1.41. The smallest absolute Gasteiger partial charge is 0.331 e. The summed E-state index contributed by atoms with van der Waals surface area (Å²) in [6, 6.07) is 6.12. The minimum Gasteiger partial charge on any atom is -0.493 e. The van der Waals surface area contributed by atoms with Gasteiger partial charge in [0.15, 0.2) is 17.2 Å². The van der Waals surface area contributed by atoms with Gasteiger partial charge in [-0.05, 0) is 49.9 Å². The lowest BCUT2D eigenvalue weighted by Gasteiger charge is -2.34. The third-order valence-corrected chi connectivity index (χ3v) is 6.23. The Bertz CT molecular complexity index is 1170. The number of aryl methyl sites for hydroxylation is 1. The molecule has 1 aromatic heterocycles. The maximum atomic E-state index is 13.6. The normalized spacial score (nSPS) is 17.0. The van der Waals surface area contributed by atoms with Gasteiger partial charge < -0.3 is 24.3 Å². The molecule has 0 fully saturated rings. The first-order valence-electron chi connectivity index (χ1n) is 12.1. The van der Waals surface area contributed by atoms with Crippen LogP contribution >= 0.6 is 0 Å². The SMILES string of the molecule is COc1ccnc(C(=O)NC(C)(C)C(=O)OC2CCc3cc(F)ccc3C2C)c1OCOC(=O)C(C)C. The van der Waals surface area contributed by atoms with Gasteiger partial charge in [-0.15, -0.1) is 0 Å². The molecule has 2 aromatic rings. The fourth-order valence-corrected chi connectivity index (χ4v) is 4.03. The third-order valence-electron chi connectivity index (χ3n) is 6.23. The molecule has 2 unspecified atom stereocenters. The average molecular weight is 517 g/mol. The molecule has 1 N–H and O–H groups in total. The number of hydrogen-bond acceptors (Lipinski definition) is 8. The van der Waals surface area contributed by atoms with Crippen LogP contribution in [0, 0.1) is 11.7 Å². The highest BCUT2D eigenvalue weighted by molar-refractivity contribution is 5.99. The van der Waals surface area contributed by atoms with Crippen molar-refractivity contribution in [3.8, 4) is 11.5 Å². The number of nitrogens with zero attached hydrogens (tertiary/aromatic N) is 1. The maximum absolute atomic E-state index is 13.6. The molecule has 1 heterocycles. The molecule has 1 aromatic carbocycles. The van der Waals surface area contributed by atoms with Gasteiger partial charge in [-0.2, -0.15) is 0 Å². The van der Waals surface area contributed by atoms with Crippen molar-refractivity contribution in [2.45, 2.75) is 65.0 Å². The molecular weight excluding hydrogens is 483 g/mol. The van der Waals surface area contributed by atoms with Crippen LogP contribution in [0.3, 0.4) is 0 Å². The Morgan fingerprint density at radius 3 is 2.62 bits per heavy atom. The number of esters is 2. The zero-order chi connectivity index (χ0) is 27.3. The first-order valence-corrected chi connectivity index (χ1v) is 12.1. The van der Waals surface area contributed by atoms with Crippen LogP contribution in [0.2, 0.25) is 0 Å². The van der Waals surface area contributed by atoms with Crippen molar-refractivity contribution in [1.82, 2.24) is 10.3 Å². The standard InChI is InChI=1S/C27H33FN2O7/c1-15(2)25(32)36-14-35-23-21(34-6)11-12-29-22(23)24(31)30-27(4,5)26(33)37-20-10-7-17-13-18(28)8-9-19(17)16(20)3/h8-9,11-13,15-16,20H,7,10,14H2,1-6H3,(H,30,31). The van der Waals surface area contributed by atoms with Crippen LogP contribution in [0.15, 0.2) is 30.5 Å². The van der Waals surface area contributed by atoms with Crippen molar-refractivity contribution < 1.29 is 37.7 Å². The predicted octanol–water partition coefficient (Wildman–Crippen LogP) is 3.93. The van der Waals surface area contributed by atoms with E-state index in [1.165, 1.54) is 45.4 Å². The number of fused-ring (bicyclic) bond motifs is 1. The van der Waals surface area contributed by atoms with E-state index < -0.39 is 36.3 Å². The van der Waals surface area contributed by atoms with Crippen LogP contribution in [-0.2, 0) is 25.5 Å². The van der Waals surface area contributed by atoms with Crippen LogP contribution < -0.4 is 14.8 Å². The summed E-state index contributed by atoms with van der Waals surface area (Å²) >= 11 is 0. The highest BCUT2D eigenvalue weighted by Gasteiger charge is 2.37. The molecule has 1 aliphatic carbocycles. The number of hydrogen-bond donors (Lipinski definition) is 1. The van der Waals surface area contributed by atoms with E-state index in [-0.39, 0.29) is 34.8 Å². The molecule has 0 saturated carbocycles. The van der Waals surface area contributed by atoms with E-state index in [0.29, 0.717) is 12.8 Å². The Morgan fingerprint density at radius 2 is 1.95 bits per heavy atom. The van der Waals surface area contributed by atoms with Crippen molar-refractivity contribution in [2.24, 2.45) is 5.92 Å². The molecule has 3 rings (SSSR count). The van der Waals surface area contributed by atoms with Gasteiger partial charge in [0.05, 0.1) is 13.0 Å². The Kier molecular flexibility index (Phi) is 8.73. The van der Waals surface area contributed by atoms with E-state index in [4.69, 9.17) is 18.9 Å². The van der Waals surface area contributed by atoms with Gasteiger partial charge in [-0.3, -0.25) is 9.59 Å². The largest absolute Gasteiger partial charge is 0.493 e. The molecular formula is C27H33FN2O7. The van der Waals surface area contributed by atoms with Gasteiger partial charge in [0.25, 0.3) is 5.91 Å². The Balaban J connectivity index is 1.70. The average Bonchev–Trinajstić information content (AvgIpc) is 2.85. The van der Waals surface area contributed by atoms with Crippen LogP contribution in [0.25, 0.3) is 0 Å². The van der Waals surface area contributed by atoms with Crippen molar-refractivity contribution in [1.29, 1.82) is 0 Å². The van der Waals surface area contributed by atoms with Crippen LogP contribution in [0.4, 0.5) is 4.39 Å². The molecule has 10 heteroatoms. The van der Waals surface area contributed by atoms with Crippen molar-refractivity contribution in [3.63, 3.8) is 0 Å². The highest BCUT2D eigenvalue weighted by Crippen LogP contribution is 2.35. The van der Waals surface area contributed by atoms with Gasteiger partial charge in [0.2, 0.25) is 6.79 Å². The van der Waals surface area contributed by atoms with E-state index in [1.807, 2.05) is 6.92 Å². The summed E-state index contributed by atoms with van der Waals surface area (Å²) in [5, 5.41) is 2.64. The minimum absolute atomic E-state index is 0.0343. The number of rotatable bonds is 9. The van der Waals surface area contributed by atoms with Crippen LogP contribution in [0.1, 0.15) is 68.6 Å². The number of amides is 1. The predicted molar refractivity (Wildman–Crippen MR) is 132 cm³/mol. The second kappa shape index (κ2) is 11.6. The summed E-state index contributed by atoms with van der Waals surface area (Å²) < 4.78 is 35.2. The Labute approximate surface area is 215 Å². The quantitative estimate of drug-likeness (QED) is 0.394. The lowest BCUT2D eigenvalue weighted by molar-refractivity contribution is -0.157. The number of carbonyl (C=O) groups excluding carboxylic acids is 3. The summed E-state index contributed by atoms with van der Waals surface area (Å²) in [5.41, 5.74) is 0.283. The van der Waals surface area contributed by atoms with Gasteiger partial charge >= 0.3 is 11.9 Å². The van der Waals surface area contributed by atoms with Crippen molar-refractivity contribution in [3.05, 3.63) is 53.1 Å². The number of benzene rings is 1. The van der Waals surface area contributed by atoms with Gasteiger partial charge in [0, 0.05) is 18.2 Å². The van der Waals surface area contributed by atoms with E-state index in [9.17, 15) is 18.8 Å². The molecule has 1 amide bonds. The van der Waals surface area contributed by atoms with E-state index in [2.05, 4.69) is 10.3 Å². The fraction of sp³-hybridized carbons (Fsp3) is 0.481. The zero-order valence-electron chi connectivity index (χ0n) is 21.9. The number of pyridine rings is 1. The van der Waals surface area contributed by atoms with Gasteiger partial charge in [-0.1, -0.05) is 26.8 Å². The summed E-state index contributed by atoms with van der Waals surface area (Å²) in [4.78, 5) is 42.1. The van der Waals surface area contributed by atoms with Gasteiger partial charge in [-0.25, -0.2) is 14.2 Å². The first kappa shape index (κ1) is 27.9. The number of carbonyl (C=O) groups is 3. The number of ether oxygens (including phenoxy) is 4. The van der Waals surface area contributed by atoms with Crippen LogP contribution in [0.5, 0.6) is 11.5 Å². The Morgan fingerprint density at radius 1 is 1.22 bits per heavy atom. The van der Waals surface area contributed by atoms with Crippen LogP contribution in [-0.4, -0.2) is 48.4 Å². The summed E-state index contributed by atoms with van der Waals surface area (Å²) in [5.74, 6) is -2.41. The summed E-state index contributed by atoms with van der Waals surface area (Å²) in [6.07, 6.45) is 2.05. The molecule has 9 nitrogen and oxygen atoms in total. The highest BCUT2D eigenvalue weighted by atomic mass is 19.1. The second-order valence-electron chi connectivity index (χ2n) is 9.76. The topological polar surface area (TPSA) is 113 Å². The third kappa shape index (κ3) is 6.55. The second-order valence-corrected chi connectivity index (χ2v) is 9.76. The molecule has 0 radical (unpaired) electrons.